The summed E-state index contributed by atoms with van der Waals surface area (Å²) in [5.41, 5.74) is 5.29. The predicted molar refractivity (Wildman–Crippen MR) is 129 cm³/mol. The Balaban J connectivity index is 1.54. The van der Waals surface area contributed by atoms with Gasteiger partial charge in [0.1, 0.15) is 4.32 Å². The Bertz CT molecular complexity index is 997. The predicted octanol–water partition coefficient (Wildman–Crippen LogP) is 5.49. The summed E-state index contributed by atoms with van der Waals surface area (Å²) in [6, 6.07) is 14.0. The number of thiocarbonyl (C=S) groups is 1. The fourth-order valence-corrected chi connectivity index (χ4v) is 4.50. The molecule has 1 aliphatic rings. The van der Waals surface area contributed by atoms with Gasteiger partial charge in [-0.25, -0.2) is 0 Å². The van der Waals surface area contributed by atoms with Crippen molar-refractivity contribution in [3.05, 3.63) is 69.6 Å². The van der Waals surface area contributed by atoms with Gasteiger partial charge in [-0.05, 0) is 61.1 Å². The lowest BCUT2D eigenvalue weighted by molar-refractivity contribution is -0.122. The lowest BCUT2D eigenvalue weighted by Gasteiger charge is -2.14. The Labute approximate surface area is 187 Å². The number of hydrogen-bond acceptors (Lipinski definition) is 4. The number of hydrogen-bond donors (Lipinski definition) is 1. The molecule has 4 nitrogen and oxygen atoms in total. The molecule has 0 atom stereocenters. The number of amides is 2. The van der Waals surface area contributed by atoms with E-state index in [0.29, 0.717) is 28.6 Å². The number of nitrogens with zero attached hydrogens (tertiary/aromatic N) is 1. The first-order valence-corrected chi connectivity index (χ1v) is 11.3. The molecule has 0 aromatic heterocycles. The highest BCUT2D eigenvalue weighted by Crippen LogP contribution is 2.32. The maximum Gasteiger partial charge on any atom is 0.266 e. The number of carbonyl (C=O) groups is 2. The van der Waals surface area contributed by atoms with Crippen LogP contribution in [0.3, 0.4) is 0 Å². The van der Waals surface area contributed by atoms with Crippen molar-refractivity contribution in [2.75, 3.05) is 11.9 Å². The van der Waals surface area contributed by atoms with E-state index >= 15 is 0 Å². The molecule has 2 aromatic carbocycles. The van der Waals surface area contributed by atoms with Gasteiger partial charge in [0.15, 0.2) is 0 Å². The quantitative estimate of drug-likeness (QED) is 0.459. The van der Waals surface area contributed by atoms with E-state index in [1.54, 1.807) is 4.90 Å². The minimum atomic E-state index is -0.0838. The number of thioether (sulfide) groups is 1. The van der Waals surface area contributed by atoms with Gasteiger partial charge >= 0.3 is 0 Å². The molecular weight excluding hydrogens is 412 g/mol. The molecule has 1 heterocycles. The third kappa shape index (κ3) is 5.37. The highest BCUT2D eigenvalue weighted by atomic mass is 32.2. The third-order valence-electron chi connectivity index (χ3n) is 5.22. The summed E-state index contributed by atoms with van der Waals surface area (Å²) < 4.78 is 0.548. The van der Waals surface area contributed by atoms with Crippen LogP contribution in [-0.2, 0) is 16.0 Å². The SMILES string of the molecule is CCc1ccc(/C=C2\SC(=S)N(CCCC(=O)Nc3cccc(C)c3C)C2=O)cc1. The summed E-state index contributed by atoms with van der Waals surface area (Å²) in [5, 5.41) is 2.96. The maximum absolute atomic E-state index is 12.7. The summed E-state index contributed by atoms with van der Waals surface area (Å²) in [5.74, 6) is -0.139. The molecule has 1 saturated heterocycles. The van der Waals surface area contributed by atoms with Gasteiger partial charge in [-0.2, -0.15) is 0 Å². The zero-order chi connectivity index (χ0) is 21.7. The normalized spacial score (nSPS) is 15.2. The first-order chi connectivity index (χ1) is 14.4. The van der Waals surface area contributed by atoms with Crippen molar-refractivity contribution in [2.24, 2.45) is 0 Å². The molecule has 0 bridgehead atoms. The topological polar surface area (TPSA) is 49.4 Å². The molecule has 2 aromatic rings. The molecule has 0 unspecified atom stereocenters. The average molecular weight is 439 g/mol. The first-order valence-electron chi connectivity index (χ1n) is 10.1. The maximum atomic E-state index is 12.7. The van der Waals surface area contributed by atoms with Crippen molar-refractivity contribution in [3.8, 4) is 0 Å². The minimum absolute atomic E-state index is 0.0549. The second-order valence-electron chi connectivity index (χ2n) is 7.33. The lowest BCUT2D eigenvalue weighted by atomic mass is 10.1. The lowest BCUT2D eigenvalue weighted by Crippen LogP contribution is -2.29. The number of anilines is 1. The van der Waals surface area contributed by atoms with Crippen LogP contribution in [0.1, 0.15) is 42.0 Å². The Morgan fingerprint density at radius 3 is 2.60 bits per heavy atom. The van der Waals surface area contributed by atoms with Crippen LogP contribution in [0.25, 0.3) is 6.08 Å². The molecule has 6 heteroatoms. The molecule has 0 radical (unpaired) electrons. The second kappa shape index (κ2) is 10.0. The van der Waals surface area contributed by atoms with E-state index in [9.17, 15) is 9.59 Å². The molecule has 0 saturated carbocycles. The number of rotatable bonds is 7. The van der Waals surface area contributed by atoms with Crippen molar-refractivity contribution in [1.29, 1.82) is 0 Å². The van der Waals surface area contributed by atoms with Crippen molar-refractivity contribution < 1.29 is 9.59 Å². The monoisotopic (exact) mass is 438 g/mol. The molecule has 0 aliphatic carbocycles. The van der Waals surface area contributed by atoms with Crippen LogP contribution in [0, 0.1) is 13.8 Å². The van der Waals surface area contributed by atoms with E-state index in [4.69, 9.17) is 12.2 Å². The van der Waals surface area contributed by atoms with Crippen LogP contribution < -0.4 is 5.32 Å². The van der Waals surface area contributed by atoms with Crippen LogP contribution in [0.4, 0.5) is 5.69 Å². The summed E-state index contributed by atoms with van der Waals surface area (Å²) >= 11 is 6.71. The van der Waals surface area contributed by atoms with Crippen LogP contribution in [-0.4, -0.2) is 27.6 Å². The van der Waals surface area contributed by atoms with E-state index in [-0.39, 0.29) is 11.8 Å². The second-order valence-corrected chi connectivity index (χ2v) is 9.00. The third-order valence-corrected chi connectivity index (χ3v) is 6.60. The summed E-state index contributed by atoms with van der Waals surface area (Å²) in [7, 11) is 0. The molecular formula is C24H26N2O2S2. The molecule has 156 valence electrons. The van der Waals surface area contributed by atoms with Crippen molar-refractivity contribution in [3.63, 3.8) is 0 Å². The van der Waals surface area contributed by atoms with E-state index in [1.165, 1.54) is 17.3 Å². The van der Waals surface area contributed by atoms with Crippen molar-refractivity contribution in [1.82, 2.24) is 4.90 Å². The van der Waals surface area contributed by atoms with Crippen molar-refractivity contribution in [2.45, 2.75) is 40.0 Å². The van der Waals surface area contributed by atoms with Crippen molar-refractivity contribution >= 4 is 51.9 Å². The number of carbonyl (C=O) groups excluding carboxylic acids is 2. The van der Waals surface area contributed by atoms with E-state index in [1.807, 2.05) is 50.3 Å². The largest absolute Gasteiger partial charge is 0.326 e. The summed E-state index contributed by atoms with van der Waals surface area (Å²) in [6.07, 6.45) is 3.76. The molecule has 1 N–H and O–H groups in total. The smallest absolute Gasteiger partial charge is 0.266 e. The van der Waals surface area contributed by atoms with Gasteiger partial charge in [-0.3, -0.25) is 14.5 Å². The van der Waals surface area contributed by atoms with Gasteiger partial charge < -0.3 is 5.32 Å². The van der Waals surface area contributed by atoms with Crippen LogP contribution in [0.15, 0.2) is 47.4 Å². The minimum Gasteiger partial charge on any atom is -0.326 e. The molecule has 3 rings (SSSR count). The van der Waals surface area contributed by atoms with Gasteiger partial charge in [0.25, 0.3) is 5.91 Å². The highest BCUT2D eigenvalue weighted by molar-refractivity contribution is 8.26. The first kappa shape index (κ1) is 22.2. The number of benzene rings is 2. The summed E-state index contributed by atoms with van der Waals surface area (Å²) in [6.45, 7) is 6.57. The van der Waals surface area contributed by atoms with Crippen LogP contribution in [0.5, 0.6) is 0 Å². The standard InChI is InChI=1S/C24H26N2O2S2/c1-4-18-10-12-19(13-11-18)15-21-23(28)26(24(29)30-21)14-6-9-22(27)25-20-8-5-7-16(2)17(20)3/h5,7-8,10-13,15H,4,6,9,14H2,1-3H3,(H,25,27)/b21-15-. The van der Waals surface area contributed by atoms with E-state index < -0.39 is 0 Å². The number of aryl methyl sites for hydroxylation is 2. The van der Waals surface area contributed by atoms with Gasteiger partial charge in [0, 0.05) is 18.7 Å². The highest BCUT2D eigenvalue weighted by Gasteiger charge is 2.31. The van der Waals surface area contributed by atoms with Gasteiger partial charge in [0.05, 0.1) is 4.91 Å². The van der Waals surface area contributed by atoms with E-state index in [2.05, 4.69) is 24.4 Å². The molecule has 2 amide bonds. The average Bonchev–Trinajstić information content (AvgIpc) is 2.99. The van der Waals surface area contributed by atoms with Crippen LogP contribution in [0.2, 0.25) is 0 Å². The molecule has 30 heavy (non-hydrogen) atoms. The fourth-order valence-electron chi connectivity index (χ4n) is 3.19. The van der Waals surface area contributed by atoms with Gasteiger partial charge in [-0.1, -0.05) is 67.3 Å². The zero-order valence-electron chi connectivity index (χ0n) is 17.5. The van der Waals surface area contributed by atoms with Gasteiger partial charge in [-0.15, -0.1) is 0 Å². The Morgan fingerprint density at radius 1 is 1.17 bits per heavy atom. The summed E-state index contributed by atoms with van der Waals surface area (Å²) in [4.78, 5) is 27.3. The molecule has 1 fully saturated rings. The Kier molecular flexibility index (Phi) is 7.45. The Morgan fingerprint density at radius 2 is 1.90 bits per heavy atom. The Hall–Kier alpha value is -2.44. The van der Waals surface area contributed by atoms with Crippen LogP contribution >= 0.6 is 24.0 Å². The van der Waals surface area contributed by atoms with Gasteiger partial charge in [0.2, 0.25) is 5.91 Å². The molecule has 0 spiro atoms. The number of nitrogens with one attached hydrogen (secondary N) is 1. The molecule has 1 aliphatic heterocycles. The van der Waals surface area contributed by atoms with E-state index in [0.717, 1.165) is 28.8 Å². The fraction of sp³-hybridized carbons (Fsp3) is 0.292. The zero-order valence-corrected chi connectivity index (χ0v) is 19.2.